The fourth-order valence-electron chi connectivity index (χ4n) is 4.47. The summed E-state index contributed by atoms with van der Waals surface area (Å²) in [4.78, 5) is 0. The SMILES string of the molecule is CCCNC1C(C)C(c2cccc(Br)c2)C1(CC)CC. The van der Waals surface area contributed by atoms with Crippen molar-refractivity contribution in [1.82, 2.24) is 5.32 Å². The van der Waals surface area contributed by atoms with E-state index in [4.69, 9.17) is 0 Å². The predicted octanol–water partition coefficient (Wildman–Crippen LogP) is 5.36. The van der Waals surface area contributed by atoms with Crippen molar-refractivity contribution < 1.29 is 0 Å². The lowest BCUT2D eigenvalue weighted by atomic mass is 9.46. The van der Waals surface area contributed by atoms with E-state index in [1.165, 1.54) is 29.3 Å². The van der Waals surface area contributed by atoms with Crippen LogP contribution in [0.15, 0.2) is 28.7 Å². The lowest BCUT2D eigenvalue weighted by molar-refractivity contribution is -0.0393. The molecule has 0 amide bonds. The molecule has 1 aliphatic carbocycles. The Kier molecular flexibility index (Phi) is 5.30. The summed E-state index contributed by atoms with van der Waals surface area (Å²) < 4.78 is 1.20. The summed E-state index contributed by atoms with van der Waals surface area (Å²) in [6.45, 7) is 10.5. The van der Waals surface area contributed by atoms with Crippen LogP contribution < -0.4 is 5.32 Å². The van der Waals surface area contributed by atoms with Crippen LogP contribution in [0.3, 0.4) is 0 Å². The van der Waals surface area contributed by atoms with Crippen LogP contribution in [0.5, 0.6) is 0 Å². The number of rotatable bonds is 6. The highest BCUT2D eigenvalue weighted by molar-refractivity contribution is 9.10. The van der Waals surface area contributed by atoms with Gasteiger partial charge in [-0.1, -0.05) is 55.8 Å². The van der Waals surface area contributed by atoms with Gasteiger partial charge in [0.1, 0.15) is 0 Å². The minimum absolute atomic E-state index is 0.426. The van der Waals surface area contributed by atoms with E-state index in [0.717, 1.165) is 12.5 Å². The van der Waals surface area contributed by atoms with Crippen LogP contribution in [0.25, 0.3) is 0 Å². The lowest BCUT2D eigenvalue weighted by Crippen LogP contribution is -2.64. The molecule has 0 heterocycles. The predicted molar refractivity (Wildman–Crippen MR) is 91.1 cm³/mol. The molecule has 3 atom stereocenters. The van der Waals surface area contributed by atoms with Crippen molar-refractivity contribution in [3.8, 4) is 0 Å². The number of benzene rings is 1. The minimum atomic E-state index is 0.426. The van der Waals surface area contributed by atoms with Gasteiger partial charge in [0.05, 0.1) is 0 Å². The van der Waals surface area contributed by atoms with Crippen molar-refractivity contribution in [3.63, 3.8) is 0 Å². The van der Waals surface area contributed by atoms with Crippen LogP contribution in [0.1, 0.15) is 58.4 Å². The Morgan fingerprint density at radius 3 is 2.45 bits per heavy atom. The average Bonchev–Trinajstić information content (AvgIpc) is 2.44. The normalized spacial score (nSPS) is 28.1. The zero-order valence-corrected chi connectivity index (χ0v) is 14.8. The lowest BCUT2D eigenvalue weighted by Gasteiger charge is -2.61. The van der Waals surface area contributed by atoms with Gasteiger partial charge in [0, 0.05) is 10.5 Å². The van der Waals surface area contributed by atoms with Crippen LogP contribution in [0, 0.1) is 11.3 Å². The molecule has 1 nitrogen and oxygen atoms in total. The van der Waals surface area contributed by atoms with E-state index >= 15 is 0 Å². The Hall–Kier alpha value is -0.340. The molecule has 0 saturated heterocycles. The van der Waals surface area contributed by atoms with Gasteiger partial charge < -0.3 is 5.32 Å². The summed E-state index contributed by atoms with van der Waals surface area (Å²) in [7, 11) is 0. The van der Waals surface area contributed by atoms with Crippen LogP contribution in [-0.4, -0.2) is 12.6 Å². The summed E-state index contributed by atoms with van der Waals surface area (Å²) in [6.07, 6.45) is 3.73. The van der Waals surface area contributed by atoms with E-state index in [0.29, 0.717) is 17.4 Å². The first-order valence-corrected chi connectivity index (χ1v) is 8.88. The van der Waals surface area contributed by atoms with Crippen molar-refractivity contribution in [3.05, 3.63) is 34.3 Å². The van der Waals surface area contributed by atoms with E-state index in [9.17, 15) is 0 Å². The molecule has 1 aromatic rings. The topological polar surface area (TPSA) is 12.0 Å². The summed E-state index contributed by atoms with van der Waals surface area (Å²) >= 11 is 3.63. The molecule has 1 N–H and O–H groups in total. The van der Waals surface area contributed by atoms with Crippen molar-refractivity contribution in [1.29, 1.82) is 0 Å². The third-order valence-corrected chi connectivity index (χ3v) is 5.92. The highest BCUT2D eigenvalue weighted by Crippen LogP contribution is 2.60. The highest BCUT2D eigenvalue weighted by Gasteiger charge is 2.57. The van der Waals surface area contributed by atoms with Gasteiger partial charge in [-0.3, -0.25) is 0 Å². The number of halogens is 1. The van der Waals surface area contributed by atoms with Crippen molar-refractivity contribution >= 4 is 15.9 Å². The molecule has 0 spiro atoms. The number of nitrogens with one attached hydrogen (secondary N) is 1. The molecule has 1 aromatic carbocycles. The maximum Gasteiger partial charge on any atom is 0.0178 e. The Morgan fingerprint density at radius 2 is 1.90 bits per heavy atom. The van der Waals surface area contributed by atoms with Gasteiger partial charge in [0.25, 0.3) is 0 Å². The number of hydrogen-bond acceptors (Lipinski definition) is 1. The first-order chi connectivity index (χ1) is 9.60. The van der Waals surface area contributed by atoms with Crippen molar-refractivity contribution in [2.45, 2.75) is 58.9 Å². The third kappa shape index (κ3) is 2.57. The van der Waals surface area contributed by atoms with E-state index in [2.05, 4.69) is 73.2 Å². The number of hydrogen-bond donors (Lipinski definition) is 1. The molecular weight excluding hydrogens is 310 g/mol. The zero-order chi connectivity index (χ0) is 14.8. The van der Waals surface area contributed by atoms with Gasteiger partial charge in [-0.25, -0.2) is 0 Å². The fraction of sp³-hybridized carbons (Fsp3) is 0.667. The monoisotopic (exact) mass is 337 g/mol. The molecule has 0 bridgehead atoms. The minimum Gasteiger partial charge on any atom is -0.313 e. The van der Waals surface area contributed by atoms with Gasteiger partial charge in [-0.2, -0.15) is 0 Å². The van der Waals surface area contributed by atoms with Gasteiger partial charge in [-0.05, 0) is 60.8 Å². The van der Waals surface area contributed by atoms with Crippen LogP contribution in [0.2, 0.25) is 0 Å². The smallest absolute Gasteiger partial charge is 0.0178 e. The second-order valence-electron chi connectivity index (χ2n) is 6.26. The molecule has 0 aliphatic heterocycles. The van der Waals surface area contributed by atoms with E-state index in [1.807, 2.05) is 0 Å². The molecule has 1 aliphatic rings. The van der Waals surface area contributed by atoms with Gasteiger partial charge in [0.15, 0.2) is 0 Å². The zero-order valence-electron chi connectivity index (χ0n) is 13.2. The Balaban J connectivity index is 2.28. The first-order valence-electron chi connectivity index (χ1n) is 8.09. The van der Waals surface area contributed by atoms with Gasteiger partial charge in [-0.15, -0.1) is 0 Å². The van der Waals surface area contributed by atoms with Gasteiger partial charge in [0.2, 0.25) is 0 Å². The molecule has 0 aromatic heterocycles. The average molecular weight is 338 g/mol. The van der Waals surface area contributed by atoms with E-state index < -0.39 is 0 Å². The second-order valence-corrected chi connectivity index (χ2v) is 7.18. The van der Waals surface area contributed by atoms with Crippen molar-refractivity contribution in [2.24, 2.45) is 11.3 Å². The summed E-state index contributed by atoms with van der Waals surface area (Å²) in [5.74, 6) is 1.40. The molecule has 0 radical (unpaired) electrons. The Morgan fingerprint density at radius 1 is 1.20 bits per heavy atom. The summed E-state index contributed by atoms with van der Waals surface area (Å²) in [5.41, 5.74) is 1.93. The highest BCUT2D eigenvalue weighted by atomic mass is 79.9. The maximum absolute atomic E-state index is 3.81. The van der Waals surface area contributed by atoms with Crippen molar-refractivity contribution in [2.75, 3.05) is 6.54 Å². The van der Waals surface area contributed by atoms with Crippen LogP contribution >= 0.6 is 15.9 Å². The largest absolute Gasteiger partial charge is 0.313 e. The molecule has 112 valence electrons. The Bertz CT molecular complexity index is 439. The third-order valence-electron chi connectivity index (χ3n) is 5.43. The van der Waals surface area contributed by atoms with E-state index in [-0.39, 0.29) is 0 Å². The molecule has 1 fully saturated rings. The van der Waals surface area contributed by atoms with Gasteiger partial charge >= 0.3 is 0 Å². The molecule has 20 heavy (non-hydrogen) atoms. The Labute approximate surface area is 132 Å². The molecular formula is C18H28BrN. The molecule has 3 unspecified atom stereocenters. The fourth-order valence-corrected chi connectivity index (χ4v) is 4.89. The quantitative estimate of drug-likeness (QED) is 0.736. The molecule has 1 saturated carbocycles. The molecule has 2 heteroatoms. The maximum atomic E-state index is 3.81. The van der Waals surface area contributed by atoms with Crippen LogP contribution in [-0.2, 0) is 0 Å². The first kappa shape index (κ1) is 16.0. The summed E-state index contributed by atoms with van der Waals surface area (Å²) in [6, 6.07) is 9.59. The summed E-state index contributed by atoms with van der Waals surface area (Å²) in [5, 5.41) is 3.81. The van der Waals surface area contributed by atoms with E-state index in [1.54, 1.807) is 0 Å². The standard InChI is InChI=1S/C18H28BrN/c1-5-11-20-17-13(4)16(18(17,6-2)7-3)14-9-8-10-15(19)12-14/h8-10,12-13,16-17,20H,5-7,11H2,1-4H3. The van der Waals surface area contributed by atoms with Crippen LogP contribution in [0.4, 0.5) is 0 Å². The molecule has 2 rings (SSSR count). The second kappa shape index (κ2) is 6.62.